The summed E-state index contributed by atoms with van der Waals surface area (Å²) in [5.74, 6) is 2.21. The minimum atomic E-state index is 0.266. The average molecular weight is 328 g/mol. The van der Waals surface area contributed by atoms with E-state index in [1.165, 1.54) is 35.1 Å². The molecule has 0 aliphatic heterocycles. The molecule has 120 valence electrons. The third-order valence-electron chi connectivity index (χ3n) is 4.51. The zero-order valence-corrected chi connectivity index (χ0v) is 14.2. The molecule has 0 bridgehead atoms. The molecule has 3 aromatic rings. The van der Waals surface area contributed by atoms with Crippen LogP contribution in [0.15, 0.2) is 12.7 Å². The average Bonchev–Trinajstić information content (AvgIpc) is 3.16. The van der Waals surface area contributed by atoms with Gasteiger partial charge in [-0.2, -0.15) is 0 Å². The van der Waals surface area contributed by atoms with Crippen molar-refractivity contribution in [1.29, 1.82) is 0 Å². The molecule has 7 heteroatoms. The van der Waals surface area contributed by atoms with Gasteiger partial charge in [-0.1, -0.05) is 6.92 Å². The Balaban J connectivity index is 1.62. The van der Waals surface area contributed by atoms with Crippen LogP contribution in [0.4, 0.5) is 5.82 Å². The van der Waals surface area contributed by atoms with Crippen LogP contribution in [0.2, 0.25) is 0 Å². The van der Waals surface area contributed by atoms with E-state index in [0.717, 1.165) is 29.4 Å². The number of nitrogens with zero attached hydrogens (tertiary/aromatic N) is 5. The molecule has 1 aliphatic rings. The Hall–Kier alpha value is -2.02. The van der Waals surface area contributed by atoms with E-state index in [4.69, 9.17) is 0 Å². The number of hydrogen-bond acceptors (Lipinski definition) is 6. The fourth-order valence-electron chi connectivity index (χ4n) is 3.30. The Morgan fingerprint density at radius 2 is 2.17 bits per heavy atom. The van der Waals surface area contributed by atoms with Crippen molar-refractivity contribution in [2.45, 2.75) is 38.5 Å². The summed E-state index contributed by atoms with van der Waals surface area (Å²) in [5, 5.41) is 12.9. The van der Waals surface area contributed by atoms with E-state index < -0.39 is 0 Å². The van der Waals surface area contributed by atoms with Gasteiger partial charge in [0.2, 0.25) is 0 Å². The van der Waals surface area contributed by atoms with Gasteiger partial charge in [0.1, 0.15) is 29.1 Å². The predicted octanol–water partition coefficient (Wildman–Crippen LogP) is 2.91. The predicted molar refractivity (Wildman–Crippen MR) is 92.0 cm³/mol. The molecule has 0 spiro atoms. The van der Waals surface area contributed by atoms with Gasteiger partial charge < -0.3 is 9.88 Å². The lowest BCUT2D eigenvalue weighted by molar-refractivity contribution is 0.680. The lowest BCUT2D eigenvalue weighted by atomic mass is 9.97. The Bertz CT molecular complexity index is 836. The Morgan fingerprint density at radius 3 is 3.00 bits per heavy atom. The monoisotopic (exact) mass is 328 g/mol. The lowest BCUT2D eigenvalue weighted by Crippen LogP contribution is -2.14. The number of thiophene rings is 1. The second kappa shape index (κ2) is 5.88. The largest absolute Gasteiger partial charge is 0.369 e. The molecule has 3 aromatic heterocycles. The van der Waals surface area contributed by atoms with Crippen molar-refractivity contribution in [3.8, 4) is 0 Å². The summed E-state index contributed by atoms with van der Waals surface area (Å²) in [5.41, 5.74) is 1.46. The molecule has 0 radical (unpaired) electrons. The van der Waals surface area contributed by atoms with Gasteiger partial charge in [0.05, 0.1) is 5.39 Å². The van der Waals surface area contributed by atoms with E-state index in [-0.39, 0.29) is 5.92 Å². The van der Waals surface area contributed by atoms with Crippen LogP contribution in [-0.4, -0.2) is 31.3 Å². The van der Waals surface area contributed by atoms with Gasteiger partial charge >= 0.3 is 0 Å². The van der Waals surface area contributed by atoms with Gasteiger partial charge in [-0.3, -0.25) is 0 Å². The van der Waals surface area contributed by atoms with E-state index in [0.29, 0.717) is 0 Å². The van der Waals surface area contributed by atoms with E-state index in [1.54, 1.807) is 12.7 Å². The number of fused-ring (bicyclic) bond motifs is 3. The van der Waals surface area contributed by atoms with Crippen molar-refractivity contribution >= 4 is 27.4 Å². The molecule has 0 saturated heterocycles. The smallest absolute Gasteiger partial charge is 0.138 e. The molecular weight excluding hydrogens is 308 g/mol. The lowest BCUT2D eigenvalue weighted by Gasteiger charge is -2.14. The van der Waals surface area contributed by atoms with Gasteiger partial charge in [0, 0.05) is 24.4 Å². The van der Waals surface area contributed by atoms with Crippen molar-refractivity contribution in [1.82, 2.24) is 24.7 Å². The summed E-state index contributed by atoms with van der Waals surface area (Å²) < 4.78 is 1.97. The first-order valence-corrected chi connectivity index (χ1v) is 8.88. The number of anilines is 1. The molecular formula is C16H20N6S. The Labute approximate surface area is 139 Å². The number of aryl methyl sites for hydroxylation is 3. The zero-order chi connectivity index (χ0) is 15.8. The first-order chi connectivity index (χ1) is 11.2. The maximum absolute atomic E-state index is 4.50. The maximum atomic E-state index is 4.50. The van der Waals surface area contributed by atoms with Crippen molar-refractivity contribution in [2.75, 3.05) is 11.9 Å². The number of aromatic nitrogens is 5. The molecule has 0 aromatic carbocycles. The van der Waals surface area contributed by atoms with Crippen LogP contribution >= 0.6 is 11.3 Å². The number of nitrogens with one attached hydrogen (secondary N) is 1. The van der Waals surface area contributed by atoms with Crippen molar-refractivity contribution in [2.24, 2.45) is 7.05 Å². The fraction of sp³-hybridized carbons (Fsp3) is 0.500. The number of hydrogen-bond donors (Lipinski definition) is 1. The molecule has 0 amide bonds. The molecule has 1 N–H and O–H groups in total. The van der Waals surface area contributed by atoms with Crippen LogP contribution in [-0.2, 0) is 19.9 Å². The molecule has 23 heavy (non-hydrogen) atoms. The third-order valence-corrected chi connectivity index (χ3v) is 5.71. The normalized spacial score (nSPS) is 15.6. The molecule has 0 saturated carbocycles. The van der Waals surface area contributed by atoms with Gasteiger partial charge in [-0.15, -0.1) is 21.5 Å². The van der Waals surface area contributed by atoms with Crippen LogP contribution in [0.5, 0.6) is 0 Å². The maximum Gasteiger partial charge on any atom is 0.138 e. The summed E-state index contributed by atoms with van der Waals surface area (Å²) >= 11 is 1.83. The van der Waals surface area contributed by atoms with E-state index in [1.807, 2.05) is 23.0 Å². The minimum Gasteiger partial charge on any atom is -0.369 e. The second-order valence-electron chi connectivity index (χ2n) is 6.20. The molecule has 6 nitrogen and oxygen atoms in total. The van der Waals surface area contributed by atoms with Gasteiger partial charge in [0.25, 0.3) is 0 Å². The molecule has 4 rings (SSSR count). The zero-order valence-electron chi connectivity index (χ0n) is 13.4. The molecule has 1 unspecified atom stereocenters. The summed E-state index contributed by atoms with van der Waals surface area (Å²) in [6, 6.07) is 0. The Kier molecular flexibility index (Phi) is 3.72. The summed E-state index contributed by atoms with van der Waals surface area (Å²) in [6.45, 7) is 2.93. The van der Waals surface area contributed by atoms with Gasteiger partial charge in [0.15, 0.2) is 0 Å². The highest BCUT2D eigenvalue weighted by atomic mass is 32.1. The highest BCUT2D eigenvalue weighted by Crippen LogP contribution is 2.38. The van der Waals surface area contributed by atoms with E-state index in [2.05, 4.69) is 32.4 Å². The Morgan fingerprint density at radius 1 is 1.30 bits per heavy atom. The number of rotatable bonds is 4. The first-order valence-electron chi connectivity index (χ1n) is 8.07. The topological polar surface area (TPSA) is 68.5 Å². The molecule has 3 heterocycles. The van der Waals surface area contributed by atoms with E-state index in [9.17, 15) is 0 Å². The van der Waals surface area contributed by atoms with Crippen molar-refractivity contribution in [3.05, 3.63) is 28.9 Å². The van der Waals surface area contributed by atoms with Gasteiger partial charge in [-0.05, 0) is 31.2 Å². The summed E-state index contributed by atoms with van der Waals surface area (Å²) in [4.78, 5) is 11.6. The van der Waals surface area contributed by atoms with Crippen LogP contribution < -0.4 is 5.32 Å². The summed E-state index contributed by atoms with van der Waals surface area (Å²) in [6.07, 6.45) is 8.30. The van der Waals surface area contributed by atoms with Crippen molar-refractivity contribution in [3.63, 3.8) is 0 Å². The standard InChI is InChI=1S/C16H20N6S/c1-10(15-21-20-9-22(15)2)7-17-14-13-11-5-3-4-6-12(11)23-16(13)19-8-18-14/h8-10H,3-7H2,1-2H3,(H,17,18,19). The van der Waals surface area contributed by atoms with Gasteiger partial charge in [-0.25, -0.2) is 9.97 Å². The van der Waals surface area contributed by atoms with Crippen LogP contribution in [0.3, 0.4) is 0 Å². The third kappa shape index (κ3) is 2.59. The SMILES string of the molecule is CC(CNc1ncnc2sc3c(c12)CCCC3)c1nncn1C. The molecule has 0 fully saturated rings. The van der Waals surface area contributed by atoms with Crippen molar-refractivity contribution < 1.29 is 0 Å². The van der Waals surface area contributed by atoms with Crippen LogP contribution in [0.1, 0.15) is 41.9 Å². The molecule has 1 aliphatic carbocycles. The van der Waals surface area contributed by atoms with Crippen LogP contribution in [0.25, 0.3) is 10.2 Å². The summed E-state index contributed by atoms with van der Waals surface area (Å²) in [7, 11) is 1.98. The first kappa shape index (κ1) is 14.6. The van der Waals surface area contributed by atoms with E-state index >= 15 is 0 Å². The second-order valence-corrected chi connectivity index (χ2v) is 7.28. The highest BCUT2D eigenvalue weighted by molar-refractivity contribution is 7.19. The fourth-order valence-corrected chi connectivity index (χ4v) is 4.53. The minimum absolute atomic E-state index is 0.266. The van der Waals surface area contributed by atoms with Crippen LogP contribution in [0, 0.1) is 0 Å². The molecule has 1 atom stereocenters. The quantitative estimate of drug-likeness (QED) is 0.797. The highest BCUT2D eigenvalue weighted by Gasteiger charge is 2.20.